The molecule has 0 atom stereocenters. The normalized spacial score (nSPS) is 10.9. The van der Waals surface area contributed by atoms with Gasteiger partial charge in [-0.15, -0.1) is 0 Å². The maximum absolute atomic E-state index is 9.75. The van der Waals surface area contributed by atoms with Gasteiger partial charge in [0.15, 0.2) is 0 Å². The third-order valence-electron chi connectivity index (χ3n) is 1.86. The van der Waals surface area contributed by atoms with Crippen LogP contribution in [-0.4, -0.2) is 23.8 Å². The fourth-order valence-electron chi connectivity index (χ4n) is 1.16. The van der Waals surface area contributed by atoms with Crippen molar-refractivity contribution in [3.05, 3.63) is 17.7 Å². The van der Waals surface area contributed by atoms with E-state index in [1.807, 2.05) is 6.20 Å². The van der Waals surface area contributed by atoms with Crippen molar-refractivity contribution in [2.24, 2.45) is 5.73 Å². The molecule has 0 aliphatic carbocycles. The Kier molecular flexibility index (Phi) is 7.61. The Morgan fingerprint density at radius 1 is 1.29 bits per heavy atom. The number of H-pyrrole nitrogens is 1. The molecule has 0 saturated heterocycles. The maximum Gasteiger partial charge on any atom is 0.673 e. The minimum Gasteiger partial charge on any atom is -0.418 e. The van der Waals surface area contributed by atoms with Gasteiger partial charge in [-0.05, 0) is 13.0 Å². The standard InChI is InChI=1S/C9H17N3.BF4/c1-2-3-4-9-11-7-8(12-9)5-6-10;2-1(3,4)5/h7H,2-6,10H2,1H3,(H,11,12);/q;-1. The molecule has 0 bridgehead atoms. The average Bonchev–Trinajstić information content (AvgIpc) is 2.61. The topological polar surface area (TPSA) is 54.7 Å². The molecule has 0 fully saturated rings. The van der Waals surface area contributed by atoms with Crippen molar-refractivity contribution in [1.29, 1.82) is 0 Å². The summed E-state index contributed by atoms with van der Waals surface area (Å²) >= 11 is 0. The van der Waals surface area contributed by atoms with E-state index in [4.69, 9.17) is 5.73 Å². The second-order valence-electron chi connectivity index (χ2n) is 3.49. The smallest absolute Gasteiger partial charge is 0.418 e. The van der Waals surface area contributed by atoms with Gasteiger partial charge in [-0.3, -0.25) is 0 Å². The summed E-state index contributed by atoms with van der Waals surface area (Å²) in [5.41, 5.74) is 6.58. The fraction of sp³-hybridized carbons (Fsp3) is 0.667. The molecule has 3 nitrogen and oxygen atoms in total. The molecule has 0 aliphatic rings. The summed E-state index contributed by atoms with van der Waals surface area (Å²) in [4.78, 5) is 7.52. The van der Waals surface area contributed by atoms with Crippen LogP contribution >= 0.6 is 0 Å². The Balaban J connectivity index is 0.000000437. The first kappa shape index (κ1) is 16.0. The van der Waals surface area contributed by atoms with E-state index in [0.717, 1.165) is 24.4 Å². The molecule has 1 heterocycles. The number of aromatic nitrogens is 2. The predicted molar refractivity (Wildman–Crippen MR) is 60.1 cm³/mol. The van der Waals surface area contributed by atoms with Gasteiger partial charge < -0.3 is 28.0 Å². The molecule has 100 valence electrons. The van der Waals surface area contributed by atoms with E-state index in [-0.39, 0.29) is 0 Å². The largest absolute Gasteiger partial charge is 0.673 e. The van der Waals surface area contributed by atoms with Crippen molar-refractivity contribution in [1.82, 2.24) is 9.97 Å². The first-order valence-corrected chi connectivity index (χ1v) is 5.47. The molecule has 0 spiro atoms. The average molecular weight is 254 g/mol. The first-order chi connectivity index (χ1) is 7.86. The number of hydrogen-bond donors (Lipinski definition) is 2. The quantitative estimate of drug-likeness (QED) is 0.626. The summed E-state index contributed by atoms with van der Waals surface area (Å²) in [5.74, 6) is 1.10. The first-order valence-electron chi connectivity index (χ1n) is 5.47. The van der Waals surface area contributed by atoms with Gasteiger partial charge in [0.05, 0.1) is 0 Å². The van der Waals surface area contributed by atoms with Gasteiger partial charge in [0.2, 0.25) is 0 Å². The molecule has 3 N–H and O–H groups in total. The number of aryl methyl sites for hydroxylation is 1. The molecule has 1 aromatic rings. The zero-order valence-corrected chi connectivity index (χ0v) is 9.73. The van der Waals surface area contributed by atoms with Crippen LogP contribution in [0.25, 0.3) is 0 Å². The molecular weight excluding hydrogens is 237 g/mol. The second kappa shape index (κ2) is 8.11. The highest BCUT2D eigenvalue weighted by Crippen LogP contribution is 2.06. The minimum absolute atomic E-state index is 0.690. The second-order valence-corrected chi connectivity index (χ2v) is 3.49. The monoisotopic (exact) mass is 254 g/mol. The Morgan fingerprint density at radius 2 is 1.88 bits per heavy atom. The van der Waals surface area contributed by atoms with Crippen LogP contribution < -0.4 is 5.73 Å². The van der Waals surface area contributed by atoms with Gasteiger partial charge in [-0.1, -0.05) is 13.3 Å². The van der Waals surface area contributed by atoms with Gasteiger partial charge in [0.25, 0.3) is 0 Å². The highest BCUT2D eigenvalue weighted by molar-refractivity contribution is 6.50. The van der Waals surface area contributed by atoms with E-state index in [2.05, 4.69) is 16.9 Å². The number of unbranched alkanes of at least 4 members (excludes halogenated alkanes) is 1. The molecule has 8 heteroatoms. The molecule has 0 amide bonds. The third-order valence-corrected chi connectivity index (χ3v) is 1.86. The molecule has 1 rings (SSSR count). The van der Waals surface area contributed by atoms with Crippen LogP contribution in [-0.2, 0) is 12.8 Å². The summed E-state index contributed by atoms with van der Waals surface area (Å²) in [5, 5.41) is 0. The van der Waals surface area contributed by atoms with Gasteiger partial charge in [0.1, 0.15) is 5.82 Å². The van der Waals surface area contributed by atoms with E-state index < -0.39 is 7.25 Å². The lowest BCUT2D eigenvalue weighted by Gasteiger charge is -1.94. The van der Waals surface area contributed by atoms with Crippen LogP contribution in [0, 0.1) is 0 Å². The lowest BCUT2D eigenvalue weighted by atomic mass is 10.2. The fourth-order valence-corrected chi connectivity index (χ4v) is 1.16. The highest BCUT2D eigenvalue weighted by Gasteiger charge is 2.20. The van der Waals surface area contributed by atoms with Gasteiger partial charge in [-0.25, -0.2) is 4.98 Å². The lowest BCUT2D eigenvalue weighted by Crippen LogP contribution is -2.02. The van der Waals surface area contributed by atoms with E-state index in [1.165, 1.54) is 12.8 Å². The van der Waals surface area contributed by atoms with Crippen molar-refractivity contribution in [2.45, 2.75) is 32.6 Å². The summed E-state index contributed by atoms with van der Waals surface area (Å²) in [6.45, 7) is 2.87. The van der Waals surface area contributed by atoms with E-state index in [1.54, 1.807) is 0 Å². The number of nitrogens with zero attached hydrogens (tertiary/aromatic N) is 1. The number of hydrogen-bond acceptors (Lipinski definition) is 2. The molecular formula is C9H17BF4N3-. The Bertz CT molecular complexity index is 295. The Hall–Kier alpha value is -1.05. The maximum atomic E-state index is 9.75. The van der Waals surface area contributed by atoms with E-state index >= 15 is 0 Å². The molecule has 17 heavy (non-hydrogen) atoms. The van der Waals surface area contributed by atoms with Crippen molar-refractivity contribution in [2.75, 3.05) is 6.54 Å². The van der Waals surface area contributed by atoms with Crippen molar-refractivity contribution >= 4 is 7.25 Å². The van der Waals surface area contributed by atoms with Crippen LogP contribution in [0.1, 0.15) is 31.3 Å². The summed E-state index contributed by atoms with van der Waals surface area (Å²) in [6.07, 6.45) is 6.26. The number of nitrogens with two attached hydrogens (primary N) is 1. The van der Waals surface area contributed by atoms with Crippen molar-refractivity contribution < 1.29 is 17.3 Å². The minimum atomic E-state index is -6.00. The molecule has 0 unspecified atom stereocenters. The number of aromatic amines is 1. The van der Waals surface area contributed by atoms with Crippen LogP contribution in [0.2, 0.25) is 0 Å². The van der Waals surface area contributed by atoms with Crippen LogP contribution in [0.15, 0.2) is 6.20 Å². The van der Waals surface area contributed by atoms with E-state index in [9.17, 15) is 17.3 Å². The van der Waals surface area contributed by atoms with Crippen LogP contribution in [0.5, 0.6) is 0 Å². The molecule has 0 radical (unpaired) electrons. The SMILES string of the molecule is CCCCc1ncc(CCN)[nH]1.F[B-](F)(F)F. The van der Waals surface area contributed by atoms with E-state index in [0.29, 0.717) is 6.54 Å². The number of nitrogens with one attached hydrogen (secondary N) is 1. The Labute approximate surface area is 97.9 Å². The predicted octanol–water partition coefficient (Wildman–Crippen LogP) is 2.55. The van der Waals surface area contributed by atoms with Crippen LogP contribution in [0.4, 0.5) is 17.3 Å². The molecule has 0 aromatic carbocycles. The zero-order chi connectivity index (χ0) is 13.3. The van der Waals surface area contributed by atoms with Gasteiger partial charge >= 0.3 is 7.25 Å². The van der Waals surface area contributed by atoms with Gasteiger partial charge in [-0.2, -0.15) is 0 Å². The highest BCUT2D eigenvalue weighted by atomic mass is 19.5. The van der Waals surface area contributed by atoms with Crippen molar-refractivity contribution in [3.8, 4) is 0 Å². The summed E-state index contributed by atoms with van der Waals surface area (Å²) in [7, 11) is -6.00. The molecule has 0 aliphatic heterocycles. The summed E-state index contributed by atoms with van der Waals surface area (Å²) < 4.78 is 39.0. The lowest BCUT2D eigenvalue weighted by molar-refractivity contribution is 0.368. The van der Waals surface area contributed by atoms with Gasteiger partial charge in [0, 0.05) is 24.7 Å². The summed E-state index contributed by atoms with van der Waals surface area (Å²) in [6, 6.07) is 0. The van der Waals surface area contributed by atoms with Crippen LogP contribution in [0.3, 0.4) is 0 Å². The number of imidazole rings is 1. The molecule has 0 saturated carbocycles. The Morgan fingerprint density at radius 3 is 2.35 bits per heavy atom. The number of rotatable bonds is 5. The molecule has 1 aromatic heterocycles. The zero-order valence-electron chi connectivity index (χ0n) is 9.73. The third kappa shape index (κ3) is 11.2. The number of halogens is 4. The van der Waals surface area contributed by atoms with Crippen molar-refractivity contribution in [3.63, 3.8) is 0 Å².